The van der Waals surface area contributed by atoms with E-state index >= 15 is 0 Å². The smallest absolute Gasteiger partial charge is 0.344 e. The molecule has 20 heavy (non-hydrogen) atoms. The number of hydrogen-bond donors (Lipinski definition) is 0. The van der Waals surface area contributed by atoms with E-state index in [0.717, 1.165) is 24.9 Å². The lowest BCUT2D eigenvalue weighted by Crippen LogP contribution is -2.42. The summed E-state index contributed by atoms with van der Waals surface area (Å²) in [4.78, 5) is 20.0. The third-order valence-corrected chi connectivity index (χ3v) is 4.14. The van der Waals surface area contributed by atoms with E-state index < -0.39 is 0 Å². The van der Waals surface area contributed by atoms with E-state index in [1.807, 2.05) is 35.2 Å². The van der Waals surface area contributed by atoms with Gasteiger partial charge in [0, 0.05) is 16.0 Å². The van der Waals surface area contributed by atoms with Crippen molar-refractivity contribution in [2.24, 2.45) is 0 Å². The van der Waals surface area contributed by atoms with E-state index in [-0.39, 0.29) is 18.1 Å². The Hall–Kier alpha value is -1.16. The van der Waals surface area contributed by atoms with Gasteiger partial charge in [-0.25, -0.2) is 4.79 Å². The standard InChI is InChI=1S/C14H19N2O3P/c17-14-15-8-12(6-7-13(15)10-19-20)16(14)18-9-11-4-2-1-3-5-11/h1-5,12-13H,6-10,20H2/t12-,13-/m0/s1. The minimum atomic E-state index is -0.0320. The summed E-state index contributed by atoms with van der Waals surface area (Å²) in [5.74, 6) is 0. The zero-order chi connectivity index (χ0) is 13.9. The van der Waals surface area contributed by atoms with E-state index in [4.69, 9.17) is 9.36 Å². The van der Waals surface area contributed by atoms with Crippen LogP contribution in [0.2, 0.25) is 0 Å². The van der Waals surface area contributed by atoms with Crippen LogP contribution in [0.1, 0.15) is 18.4 Å². The number of urea groups is 1. The van der Waals surface area contributed by atoms with E-state index in [1.54, 1.807) is 5.06 Å². The maximum absolute atomic E-state index is 12.4. The Bertz CT molecular complexity index is 471. The molecule has 1 aromatic rings. The molecule has 3 atom stereocenters. The molecular formula is C14H19N2O3P. The lowest BCUT2D eigenvalue weighted by atomic mass is 10.0. The average Bonchev–Trinajstić information content (AvgIpc) is 2.73. The van der Waals surface area contributed by atoms with Crippen LogP contribution in [0.15, 0.2) is 30.3 Å². The molecule has 2 saturated heterocycles. The van der Waals surface area contributed by atoms with Crippen molar-refractivity contribution in [1.29, 1.82) is 0 Å². The molecule has 0 saturated carbocycles. The summed E-state index contributed by atoms with van der Waals surface area (Å²) in [6.07, 6.45) is 1.94. The van der Waals surface area contributed by atoms with Crippen molar-refractivity contribution >= 4 is 15.5 Å². The van der Waals surface area contributed by atoms with Crippen molar-refractivity contribution in [3.8, 4) is 0 Å². The number of benzene rings is 1. The number of hydrogen-bond acceptors (Lipinski definition) is 3. The quantitative estimate of drug-likeness (QED) is 0.782. The lowest BCUT2D eigenvalue weighted by Gasteiger charge is -2.29. The van der Waals surface area contributed by atoms with Crippen LogP contribution in [0.5, 0.6) is 0 Å². The van der Waals surface area contributed by atoms with Gasteiger partial charge in [0.15, 0.2) is 0 Å². The first kappa shape index (κ1) is 13.8. The fraction of sp³-hybridized carbons (Fsp3) is 0.500. The van der Waals surface area contributed by atoms with Crippen molar-refractivity contribution < 1.29 is 14.2 Å². The van der Waals surface area contributed by atoms with Gasteiger partial charge in [-0.05, 0) is 18.4 Å². The molecule has 2 fully saturated rings. The molecule has 2 amide bonds. The summed E-state index contributed by atoms with van der Waals surface area (Å²) in [7, 11) is 2.25. The van der Waals surface area contributed by atoms with E-state index in [2.05, 4.69) is 9.47 Å². The molecule has 1 aromatic carbocycles. The number of carbonyl (C=O) groups is 1. The van der Waals surface area contributed by atoms with Crippen LogP contribution in [-0.4, -0.2) is 41.2 Å². The highest BCUT2D eigenvalue weighted by atomic mass is 31.0. The molecule has 5 nitrogen and oxygen atoms in total. The fourth-order valence-corrected chi connectivity index (χ4v) is 3.10. The molecule has 0 N–H and O–H groups in total. The van der Waals surface area contributed by atoms with Gasteiger partial charge in [0.2, 0.25) is 0 Å². The predicted octanol–water partition coefficient (Wildman–Crippen LogP) is 2.19. The van der Waals surface area contributed by atoms with Crippen molar-refractivity contribution in [1.82, 2.24) is 9.96 Å². The van der Waals surface area contributed by atoms with E-state index in [0.29, 0.717) is 13.2 Å². The summed E-state index contributed by atoms with van der Waals surface area (Å²) in [5.41, 5.74) is 1.07. The molecule has 0 aromatic heterocycles. The Morgan fingerprint density at radius 1 is 1.25 bits per heavy atom. The first-order valence-electron chi connectivity index (χ1n) is 6.88. The minimum absolute atomic E-state index is 0.0320. The van der Waals surface area contributed by atoms with Gasteiger partial charge >= 0.3 is 6.03 Å². The Morgan fingerprint density at radius 3 is 2.80 bits per heavy atom. The Kier molecular flexibility index (Phi) is 4.20. The van der Waals surface area contributed by atoms with Gasteiger partial charge in [-0.15, -0.1) is 0 Å². The molecule has 108 valence electrons. The van der Waals surface area contributed by atoms with Crippen LogP contribution in [0.3, 0.4) is 0 Å². The number of piperidine rings is 1. The zero-order valence-corrected chi connectivity index (χ0v) is 12.4. The van der Waals surface area contributed by atoms with Crippen LogP contribution in [-0.2, 0) is 16.0 Å². The molecule has 2 aliphatic rings. The van der Waals surface area contributed by atoms with Gasteiger partial charge in [0.25, 0.3) is 0 Å². The minimum Gasteiger partial charge on any atom is -0.364 e. The Labute approximate surface area is 121 Å². The molecule has 0 spiro atoms. The molecule has 6 heteroatoms. The SMILES string of the molecule is O=C1N2C[C@H](CC[C@H]2COP)N1OCc1ccccc1. The Balaban J connectivity index is 1.62. The van der Waals surface area contributed by atoms with Crippen molar-refractivity contribution in [2.75, 3.05) is 13.2 Å². The van der Waals surface area contributed by atoms with Crippen molar-refractivity contribution in [3.05, 3.63) is 35.9 Å². The number of carbonyl (C=O) groups excluding carboxylic acids is 1. The van der Waals surface area contributed by atoms with Gasteiger partial charge in [-0.3, -0.25) is 4.84 Å². The van der Waals surface area contributed by atoms with Crippen LogP contribution in [0.4, 0.5) is 4.79 Å². The highest BCUT2D eigenvalue weighted by Gasteiger charge is 2.45. The summed E-state index contributed by atoms with van der Waals surface area (Å²) in [6, 6.07) is 10.2. The van der Waals surface area contributed by atoms with Gasteiger partial charge in [-0.1, -0.05) is 30.3 Å². The average molecular weight is 294 g/mol. The number of hydroxylamine groups is 2. The monoisotopic (exact) mass is 294 g/mol. The van der Waals surface area contributed by atoms with Gasteiger partial charge < -0.3 is 9.42 Å². The summed E-state index contributed by atoms with van der Waals surface area (Å²) >= 11 is 0. The van der Waals surface area contributed by atoms with E-state index in [1.165, 1.54) is 0 Å². The van der Waals surface area contributed by atoms with Crippen molar-refractivity contribution in [2.45, 2.75) is 31.5 Å². The third kappa shape index (κ3) is 2.66. The third-order valence-electron chi connectivity index (χ3n) is 3.95. The van der Waals surface area contributed by atoms with E-state index in [9.17, 15) is 4.79 Å². The second-order valence-electron chi connectivity index (χ2n) is 5.24. The number of fused-ring (bicyclic) bond motifs is 2. The second-order valence-corrected chi connectivity index (χ2v) is 5.57. The molecular weight excluding hydrogens is 275 g/mol. The lowest BCUT2D eigenvalue weighted by molar-refractivity contribution is -0.140. The molecule has 2 heterocycles. The maximum atomic E-state index is 12.4. The number of amides is 2. The first-order chi connectivity index (χ1) is 9.79. The highest BCUT2D eigenvalue weighted by Crippen LogP contribution is 2.30. The van der Waals surface area contributed by atoms with Crippen LogP contribution >= 0.6 is 9.47 Å². The van der Waals surface area contributed by atoms with Crippen LogP contribution < -0.4 is 0 Å². The first-order valence-corrected chi connectivity index (χ1v) is 7.35. The highest BCUT2D eigenvalue weighted by molar-refractivity contribution is 7.09. The second kappa shape index (κ2) is 6.08. The number of rotatable bonds is 5. The summed E-state index contributed by atoms with van der Waals surface area (Å²) in [5, 5.41) is 1.55. The Morgan fingerprint density at radius 2 is 2.05 bits per heavy atom. The zero-order valence-electron chi connectivity index (χ0n) is 11.3. The van der Waals surface area contributed by atoms with Gasteiger partial charge in [0.1, 0.15) is 6.61 Å². The molecule has 2 aliphatic heterocycles. The molecule has 0 radical (unpaired) electrons. The van der Waals surface area contributed by atoms with Gasteiger partial charge in [-0.2, -0.15) is 5.06 Å². The molecule has 2 bridgehead atoms. The normalized spacial score (nSPS) is 25.4. The van der Waals surface area contributed by atoms with Crippen LogP contribution in [0, 0.1) is 0 Å². The largest absolute Gasteiger partial charge is 0.364 e. The molecule has 3 rings (SSSR count). The number of nitrogens with zero attached hydrogens (tertiary/aromatic N) is 2. The summed E-state index contributed by atoms with van der Waals surface area (Å²) in [6.45, 7) is 1.74. The predicted molar refractivity (Wildman–Crippen MR) is 77.6 cm³/mol. The van der Waals surface area contributed by atoms with Gasteiger partial charge in [0.05, 0.1) is 18.7 Å². The summed E-state index contributed by atoms with van der Waals surface area (Å²) < 4.78 is 5.11. The van der Waals surface area contributed by atoms with Crippen molar-refractivity contribution in [3.63, 3.8) is 0 Å². The maximum Gasteiger partial charge on any atom is 0.344 e. The van der Waals surface area contributed by atoms with Crippen LogP contribution in [0.25, 0.3) is 0 Å². The topological polar surface area (TPSA) is 42.0 Å². The fourth-order valence-electron chi connectivity index (χ4n) is 2.88. The molecule has 0 aliphatic carbocycles. The molecule has 1 unspecified atom stereocenters.